The Kier molecular flexibility index (Phi) is 2.83. The second-order valence-corrected chi connectivity index (χ2v) is 5.39. The summed E-state index contributed by atoms with van der Waals surface area (Å²) in [6.07, 6.45) is 2.00. The van der Waals surface area contributed by atoms with E-state index < -0.39 is 0 Å². The van der Waals surface area contributed by atoms with Gasteiger partial charge < -0.3 is 4.57 Å². The van der Waals surface area contributed by atoms with Gasteiger partial charge in [0.15, 0.2) is 0 Å². The lowest BCUT2D eigenvalue weighted by Gasteiger charge is -2.04. The molecule has 1 aromatic carbocycles. The minimum atomic E-state index is 0.712. The molecule has 0 unspecified atom stereocenters. The molecule has 0 saturated carbocycles. The number of hydrogen-bond donors (Lipinski definition) is 0. The Hall–Kier alpha value is -1.76. The predicted octanol–water partition coefficient (Wildman–Crippen LogP) is 4.28. The van der Waals surface area contributed by atoms with Crippen LogP contribution >= 0.6 is 22.9 Å². The molecule has 0 radical (unpaired) electrons. The molecule has 0 N–H and O–H groups in total. The van der Waals surface area contributed by atoms with Crippen molar-refractivity contribution in [2.24, 2.45) is 0 Å². The van der Waals surface area contributed by atoms with Gasteiger partial charge in [0, 0.05) is 22.0 Å². The highest BCUT2D eigenvalue weighted by atomic mass is 35.5. The zero-order chi connectivity index (χ0) is 12.5. The van der Waals surface area contributed by atoms with Crippen LogP contribution in [0.4, 0.5) is 0 Å². The summed E-state index contributed by atoms with van der Waals surface area (Å²) in [4.78, 5) is 1.14. The molecule has 0 bridgehead atoms. The van der Waals surface area contributed by atoms with Crippen molar-refractivity contribution < 1.29 is 0 Å². The Balaban J connectivity index is 2.09. The number of fused-ring (bicyclic) bond motifs is 1. The lowest BCUT2D eigenvalue weighted by atomic mass is 10.1. The third-order valence-electron chi connectivity index (χ3n) is 2.94. The maximum atomic E-state index is 9.07. The first kappa shape index (κ1) is 11.3. The fourth-order valence-electron chi connectivity index (χ4n) is 2.05. The van der Waals surface area contributed by atoms with E-state index in [-0.39, 0.29) is 0 Å². The van der Waals surface area contributed by atoms with E-state index >= 15 is 0 Å². The zero-order valence-electron chi connectivity index (χ0n) is 9.43. The molecule has 2 nitrogen and oxygen atoms in total. The van der Waals surface area contributed by atoms with Crippen LogP contribution in [0.25, 0.3) is 10.9 Å². The molecule has 3 rings (SSSR count). The second-order valence-electron chi connectivity index (χ2n) is 3.99. The maximum absolute atomic E-state index is 9.07. The van der Waals surface area contributed by atoms with Crippen molar-refractivity contribution in [3.63, 3.8) is 0 Å². The lowest BCUT2D eigenvalue weighted by molar-refractivity contribution is 0.852. The van der Waals surface area contributed by atoms with Crippen LogP contribution in [0.1, 0.15) is 10.4 Å². The van der Waals surface area contributed by atoms with Gasteiger partial charge in [0.1, 0.15) is 0 Å². The summed E-state index contributed by atoms with van der Waals surface area (Å²) < 4.78 is 2.12. The number of nitrogens with zero attached hydrogens (tertiary/aromatic N) is 2. The van der Waals surface area contributed by atoms with E-state index in [9.17, 15) is 0 Å². The molecular formula is C14H9ClN2S. The largest absolute Gasteiger partial charge is 0.342 e. The summed E-state index contributed by atoms with van der Waals surface area (Å²) in [5, 5.41) is 12.9. The fraction of sp³-hybridized carbons (Fsp3) is 0.0714. The minimum Gasteiger partial charge on any atom is -0.342 e. The molecular weight excluding hydrogens is 264 g/mol. The Labute approximate surface area is 114 Å². The van der Waals surface area contributed by atoms with Crippen molar-refractivity contribution in [2.75, 3.05) is 0 Å². The Bertz CT molecular complexity index is 749. The third-order valence-corrected chi connectivity index (χ3v) is 4.31. The molecule has 0 aliphatic carbocycles. The van der Waals surface area contributed by atoms with E-state index in [0.717, 1.165) is 27.3 Å². The van der Waals surface area contributed by atoms with Crippen LogP contribution in [-0.4, -0.2) is 4.57 Å². The zero-order valence-corrected chi connectivity index (χ0v) is 11.0. The van der Waals surface area contributed by atoms with Crippen molar-refractivity contribution in [2.45, 2.75) is 6.54 Å². The van der Waals surface area contributed by atoms with Crippen LogP contribution in [0, 0.1) is 11.3 Å². The quantitative estimate of drug-likeness (QED) is 0.685. The van der Waals surface area contributed by atoms with E-state index in [4.69, 9.17) is 16.9 Å². The normalized spacial score (nSPS) is 10.7. The van der Waals surface area contributed by atoms with E-state index in [1.165, 1.54) is 0 Å². The van der Waals surface area contributed by atoms with E-state index in [0.29, 0.717) is 5.56 Å². The molecule has 2 aromatic heterocycles. The number of aromatic nitrogens is 1. The summed E-state index contributed by atoms with van der Waals surface area (Å²) in [7, 11) is 0. The molecule has 0 aliphatic heterocycles. The molecule has 0 fully saturated rings. The van der Waals surface area contributed by atoms with Crippen molar-refractivity contribution in [1.29, 1.82) is 5.26 Å². The summed E-state index contributed by atoms with van der Waals surface area (Å²) >= 11 is 7.76. The molecule has 0 spiro atoms. The van der Waals surface area contributed by atoms with Gasteiger partial charge in [0.2, 0.25) is 0 Å². The number of thiophene rings is 1. The third kappa shape index (κ3) is 1.80. The monoisotopic (exact) mass is 272 g/mol. The topological polar surface area (TPSA) is 28.7 Å². The van der Waals surface area contributed by atoms with Crippen LogP contribution < -0.4 is 0 Å². The summed E-state index contributed by atoms with van der Waals surface area (Å²) in [6.45, 7) is 0.745. The van der Waals surface area contributed by atoms with Crippen molar-refractivity contribution in [3.05, 3.63) is 57.4 Å². The van der Waals surface area contributed by atoms with Crippen molar-refractivity contribution in [3.8, 4) is 6.07 Å². The fourth-order valence-corrected chi connectivity index (χ4v) is 3.15. The van der Waals surface area contributed by atoms with Gasteiger partial charge in [-0.2, -0.15) is 5.26 Å². The molecule has 0 saturated heterocycles. The van der Waals surface area contributed by atoms with Crippen LogP contribution in [0.5, 0.6) is 0 Å². The maximum Gasteiger partial charge on any atom is 0.0998 e. The highest BCUT2D eigenvalue weighted by Crippen LogP contribution is 2.26. The first-order valence-electron chi connectivity index (χ1n) is 5.49. The molecule has 0 atom stereocenters. The van der Waals surface area contributed by atoms with Crippen LogP contribution in [0.2, 0.25) is 5.02 Å². The standard InChI is InChI=1S/C14H9ClN2S/c15-12-5-7-18-14(12)9-17-6-4-11-10(8-16)2-1-3-13(11)17/h1-7H,9H2. The van der Waals surface area contributed by atoms with Gasteiger partial charge in [-0.15, -0.1) is 11.3 Å². The van der Waals surface area contributed by atoms with Gasteiger partial charge in [0.25, 0.3) is 0 Å². The molecule has 0 amide bonds. The molecule has 4 heteroatoms. The summed E-state index contributed by atoms with van der Waals surface area (Å²) in [5.41, 5.74) is 1.78. The Morgan fingerprint density at radius 1 is 1.28 bits per heavy atom. The average molecular weight is 273 g/mol. The Morgan fingerprint density at radius 3 is 2.89 bits per heavy atom. The highest BCUT2D eigenvalue weighted by molar-refractivity contribution is 7.10. The summed E-state index contributed by atoms with van der Waals surface area (Å²) in [6, 6.07) is 11.9. The van der Waals surface area contributed by atoms with Crippen LogP contribution in [-0.2, 0) is 6.54 Å². The molecule has 0 aliphatic rings. The van der Waals surface area contributed by atoms with Crippen molar-refractivity contribution in [1.82, 2.24) is 4.57 Å². The first-order chi connectivity index (χ1) is 8.79. The van der Waals surface area contributed by atoms with Gasteiger partial charge in [-0.3, -0.25) is 0 Å². The van der Waals surface area contributed by atoms with Gasteiger partial charge in [-0.05, 0) is 29.6 Å². The molecule has 18 heavy (non-hydrogen) atoms. The van der Waals surface area contributed by atoms with Gasteiger partial charge in [-0.25, -0.2) is 0 Å². The van der Waals surface area contributed by atoms with E-state index in [1.54, 1.807) is 11.3 Å². The highest BCUT2D eigenvalue weighted by Gasteiger charge is 2.07. The average Bonchev–Trinajstić information content (AvgIpc) is 2.97. The van der Waals surface area contributed by atoms with Gasteiger partial charge in [-0.1, -0.05) is 17.7 Å². The number of rotatable bonds is 2. The molecule has 3 aromatic rings. The smallest absolute Gasteiger partial charge is 0.0998 e. The summed E-state index contributed by atoms with van der Waals surface area (Å²) in [5.74, 6) is 0. The number of benzene rings is 1. The predicted molar refractivity (Wildman–Crippen MR) is 75.1 cm³/mol. The second kappa shape index (κ2) is 4.49. The van der Waals surface area contributed by atoms with Crippen molar-refractivity contribution >= 4 is 33.8 Å². The van der Waals surface area contributed by atoms with E-state index in [2.05, 4.69) is 10.6 Å². The number of nitriles is 1. The minimum absolute atomic E-state index is 0.712. The van der Waals surface area contributed by atoms with Crippen LogP contribution in [0.3, 0.4) is 0 Å². The first-order valence-corrected chi connectivity index (χ1v) is 6.75. The van der Waals surface area contributed by atoms with Gasteiger partial charge in [0.05, 0.1) is 23.2 Å². The van der Waals surface area contributed by atoms with Crippen LogP contribution in [0.15, 0.2) is 41.9 Å². The number of halogens is 1. The van der Waals surface area contributed by atoms with Gasteiger partial charge >= 0.3 is 0 Å². The molecule has 88 valence electrons. The SMILES string of the molecule is N#Cc1cccc2c1ccn2Cc1sccc1Cl. The van der Waals surface area contributed by atoms with E-state index in [1.807, 2.05) is 41.9 Å². The molecule has 2 heterocycles. The number of hydrogen-bond acceptors (Lipinski definition) is 2. The lowest BCUT2D eigenvalue weighted by Crippen LogP contribution is -1.96. The Morgan fingerprint density at radius 2 is 2.17 bits per heavy atom.